The third-order valence-corrected chi connectivity index (χ3v) is 7.13. The van der Waals surface area contributed by atoms with E-state index >= 15 is 0 Å². The summed E-state index contributed by atoms with van der Waals surface area (Å²) in [7, 11) is 0. The molecule has 0 aromatic carbocycles. The van der Waals surface area contributed by atoms with Crippen molar-refractivity contribution in [3.8, 4) is 0 Å². The van der Waals surface area contributed by atoms with Gasteiger partial charge in [0, 0.05) is 25.2 Å². The van der Waals surface area contributed by atoms with Crippen LogP contribution in [-0.2, 0) is 4.79 Å². The van der Waals surface area contributed by atoms with Crippen molar-refractivity contribution >= 4 is 5.78 Å². The molecule has 0 aromatic heterocycles. The van der Waals surface area contributed by atoms with Gasteiger partial charge in [-0.2, -0.15) is 0 Å². The molecule has 6 atom stereocenters. The molecular formula is C16H25NO4. The Morgan fingerprint density at radius 1 is 1.24 bits per heavy atom. The van der Waals surface area contributed by atoms with Crippen LogP contribution in [0.2, 0.25) is 0 Å². The van der Waals surface area contributed by atoms with E-state index in [4.69, 9.17) is 0 Å². The van der Waals surface area contributed by atoms with E-state index in [1.807, 2.05) is 0 Å². The summed E-state index contributed by atoms with van der Waals surface area (Å²) in [5.74, 6) is -0.0690. The molecule has 2 aliphatic heterocycles. The number of piperidine rings is 2. The van der Waals surface area contributed by atoms with Gasteiger partial charge in [-0.15, -0.1) is 0 Å². The van der Waals surface area contributed by atoms with Crippen molar-refractivity contribution in [3.63, 3.8) is 0 Å². The van der Waals surface area contributed by atoms with Gasteiger partial charge in [0.05, 0.1) is 13.1 Å². The van der Waals surface area contributed by atoms with Crippen molar-refractivity contribution in [1.29, 1.82) is 0 Å². The summed E-state index contributed by atoms with van der Waals surface area (Å²) in [5, 5.41) is 36.4. The van der Waals surface area contributed by atoms with E-state index in [1.165, 1.54) is 0 Å². The molecule has 0 aromatic rings. The van der Waals surface area contributed by atoms with Crippen LogP contribution in [0.3, 0.4) is 0 Å². The van der Waals surface area contributed by atoms with Crippen LogP contribution in [-0.4, -0.2) is 50.5 Å². The zero-order chi connectivity index (χ0) is 15.1. The third-order valence-electron chi connectivity index (χ3n) is 7.13. The first kappa shape index (κ1) is 14.1. The minimum absolute atomic E-state index is 0.154. The largest absolute Gasteiger partial charge is 0.632 e. The lowest BCUT2D eigenvalue weighted by molar-refractivity contribution is -0.964. The fourth-order valence-electron chi connectivity index (χ4n) is 6.49. The molecule has 2 saturated carbocycles. The number of carbonyl (C=O) groups is 1. The molecule has 2 heterocycles. The van der Waals surface area contributed by atoms with Crippen molar-refractivity contribution in [2.75, 3.05) is 13.1 Å². The summed E-state index contributed by atoms with van der Waals surface area (Å²) < 4.78 is -0.549. The first-order chi connectivity index (χ1) is 9.79. The molecule has 1 spiro atoms. The minimum atomic E-state index is -1.62. The van der Waals surface area contributed by atoms with E-state index in [-0.39, 0.29) is 24.0 Å². The summed E-state index contributed by atoms with van der Waals surface area (Å²) in [4.78, 5) is 12.7. The number of quaternary nitrogens is 1. The minimum Gasteiger partial charge on any atom is -0.632 e. The molecule has 0 amide bonds. The highest BCUT2D eigenvalue weighted by Crippen LogP contribution is 2.65. The second-order valence-electron chi connectivity index (χ2n) is 8.06. The average molecular weight is 295 g/mol. The van der Waals surface area contributed by atoms with Crippen molar-refractivity contribution in [2.45, 2.75) is 68.6 Å². The number of Topliss-reactive ketones (excluding diaryl/α,β-unsaturated/α-hetero) is 1. The van der Waals surface area contributed by atoms with E-state index in [9.17, 15) is 20.2 Å². The van der Waals surface area contributed by atoms with Gasteiger partial charge < -0.3 is 20.1 Å². The van der Waals surface area contributed by atoms with Gasteiger partial charge in [-0.05, 0) is 31.6 Å². The van der Waals surface area contributed by atoms with Crippen LogP contribution in [0.1, 0.15) is 51.9 Å². The highest BCUT2D eigenvalue weighted by Gasteiger charge is 2.81. The van der Waals surface area contributed by atoms with Crippen LogP contribution in [0.4, 0.5) is 0 Å². The fraction of sp³-hybridized carbons (Fsp3) is 0.938. The van der Waals surface area contributed by atoms with Crippen LogP contribution in [0, 0.1) is 17.0 Å². The Labute approximate surface area is 125 Å². The van der Waals surface area contributed by atoms with Gasteiger partial charge in [0.1, 0.15) is 5.60 Å². The number of carbonyl (C=O) groups excluding carboxylic acids is 1. The molecule has 4 fully saturated rings. The Bertz CT molecular complexity index is 507. The van der Waals surface area contributed by atoms with E-state index in [1.54, 1.807) is 0 Å². The van der Waals surface area contributed by atoms with E-state index in [0.717, 1.165) is 6.42 Å². The molecule has 2 N–H and O–H groups in total. The monoisotopic (exact) mass is 295 g/mol. The summed E-state index contributed by atoms with van der Waals surface area (Å²) in [6.07, 6.45) is 3.67. The predicted molar refractivity (Wildman–Crippen MR) is 76.0 cm³/mol. The van der Waals surface area contributed by atoms with E-state index in [2.05, 4.69) is 6.92 Å². The smallest absolute Gasteiger partial charge is 0.181 e. The second-order valence-corrected chi connectivity index (χ2v) is 8.06. The summed E-state index contributed by atoms with van der Waals surface area (Å²) in [6, 6.07) is 0. The Morgan fingerprint density at radius 3 is 2.62 bits per heavy atom. The van der Waals surface area contributed by atoms with Gasteiger partial charge in [-0.25, -0.2) is 0 Å². The molecule has 0 radical (unpaired) electrons. The highest BCUT2D eigenvalue weighted by atomic mass is 16.6. The van der Waals surface area contributed by atoms with Crippen molar-refractivity contribution in [1.82, 2.24) is 0 Å². The molecule has 4 aliphatic rings. The van der Waals surface area contributed by atoms with E-state index in [0.29, 0.717) is 45.2 Å². The average Bonchev–Trinajstić information content (AvgIpc) is 2.38. The Morgan fingerprint density at radius 2 is 1.90 bits per heavy atom. The summed E-state index contributed by atoms with van der Waals surface area (Å²) >= 11 is 0. The lowest BCUT2D eigenvalue weighted by atomic mass is 9.44. The number of nitrogens with zero attached hydrogens (tertiary/aromatic N) is 1. The molecule has 2 aliphatic carbocycles. The molecule has 5 nitrogen and oxygen atoms in total. The second kappa shape index (κ2) is 3.88. The van der Waals surface area contributed by atoms with Crippen LogP contribution < -0.4 is 0 Å². The zero-order valence-electron chi connectivity index (χ0n) is 12.7. The molecule has 4 rings (SSSR count). The van der Waals surface area contributed by atoms with Gasteiger partial charge in [0.2, 0.25) is 0 Å². The maximum Gasteiger partial charge on any atom is 0.181 e. The SMILES string of the molecule is C[C@@H]1C[C@H]2CC(=O)[C@@]3(O)CCC[N+]4([O-])CCC[C@@]2(O)[C@]34C1. The van der Waals surface area contributed by atoms with Crippen LogP contribution in [0.5, 0.6) is 0 Å². The van der Waals surface area contributed by atoms with Crippen molar-refractivity contribution in [3.05, 3.63) is 5.21 Å². The molecule has 5 heteroatoms. The van der Waals surface area contributed by atoms with Crippen LogP contribution in [0.15, 0.2) is 0 Å². The lowest BCUT2D eigenvalue weighted by Crippen LogP contribution is -2.91. The van der Waals surface area contributed by atoms with Crippen molar-refractivity contribution in [2.24, 2.45) is 11.8 Å². The quantitative estimate of drug-likeness (QED) is 0.518. The molecule has 2 saturated heterocycles. The number of hydrogen-bond donors (Lipinski definition) is 2. The maximum atomic E-state index is 13.6. The van der Waals surface area contributed by atoms with Gasteiger partial charge in [-0.3, -0.25) is 4.79 Å². The maximum absolute atomic E-state index is 13.6. The summed E-state index contributed by atoms with van der Waals surface area (Å²) in [6.45, 7) is 2.94. The third kappa shape index (κ3) is 1.31. The topological polar surface area (TPSA) is 80.6 Å². The lowest BCUT2D eigenvalue weighted by Gasteiger charge is -2.76. The Balaban J connectivity index is 2.00. The Kier molecular flexibility index (Phi) is 2.61. The van der Waals surface area contributed by atoms with Crippen molar-refractivity contribution < 1.29 is 19.7 Å². The fourth-order valence-corrected chi connectivity index (χ4v) is 6.49. The molecule has 1 unspecified atom stereocenters. The normalized spacial score (nSPS) is 59.5. The van der Waals surface area contributed by atoms with Gasteiger partial charge in [-0.1, -0.05) is 6.92 Å². The highest BCUT2D eigenvalue weighted by molar-refractivity contribution is 5.91. The number of hydrogen-bond acceptors (Lipinski definition) is 4. The first-order valence-electron chi connectivity index (χ1n) is 8.35. The first-order valence-corrected chi connectivity index (χ1v) is 8.35. The molecule has 118 valence electrons. The predicted octanol–water partition coefficient (Wildman–Crippen LogP) is 1.11. The number of aliphatic hydroxyl groups is 2. The van der Waals surface area contributed by atoms with Gasteiger partial charge >= 0.3 is 0 Å². The van der Waals surface area contributed by atoms with E-state index < -0.39 is 21.4 Å². The number of rotatable bonds is 0. The summed E-state index contributed by atoms with van der Waals surface area (Å²) in [5.41, 5.74) is -4.00. The number of ketones is 1. The standard InChI is InChI=1S/C16H25NO4/c1-11-8-12-9-13(18)15(20)5-3-7-17(21)6-2-4-14(12,19)16(15,17)10-11/h11-12,19-20H,2-10H2,1H3/t11-,12+,14+,15+,16-,17?/m1/s1. The van der Waals surface area contributed by atoms with Gasteiger partial charge in [0.15, 0.2) is 16.9 Å². The number of hydroxylamine groups is 3. The molecule has 2 bridgehead atoms. The molecule has 21 heavy (non-hydrogen) atoms. The Hall–Kier alpha value is -0.490. The van der Waals surface area contributed by atoms with Gasteiger partial charge in [0.25, 0.3) is 0 Å². The zero-order valence-corrected chi connectivity index (χ0v) is 12.7. The van der Waals surface area contributed by atoms with Crippen LogP contribution in [0.25, 0.3) is 0 Å². The molecular weight excluding hydrogens is 270 g/mol. The van der Waals surface area contributed by atoms with Crippen LogP contribution >= 0.6 is 0 Å².